The summed E-state index contributed by atoms with van der Waals surface area (Å²) in [6, 6.07) is 9.76. The lowest BCUT2D eigenvalue weighted by Crippen LogP contribution is -2.45. The SMILES string of the molecule is CCNC(C1CSc2ccccc21)C1CCCCC1CC. The van der Waals surface area contributed by atoms with E-state index in [0.717, 1.165) is 18.4 Å². The van der Waals surface area contributed by atoms with Crippen LogP contribution in [0.2, 0.25) is 0 Å². The molecule has 0 spiro atoms. The van der Waals surface area contributed by atoms with Gasteiger partial charge in [0.1, 0.15) is 0 Å². The minimum absolute atomic E-state index is 0.677. The molecule has 2 aliphatic rings. The summed E-state index contributed by atoms with van der Waals surface area (Å²) in [5.41, 5.74) is 1.61. The van der Waals surface area contributed by atoms with Crippen LogP contribution in [0.4, 0.5) is 0 Å². The molecule has 4 atom stereocenters. The molecule has 2 heteroatoms. The molecule has 1 saturated carbocycles. The smallest absolute Gasteiger partial charge is 0.0175 e. The van der Waals surface area contributed by atoms with E-state index in [-0.39, 0.29) is 0 Å². The fourth-order valence-electron chi connectivity index (χ4n) is 4.53. The predicted octanol–water partition coefficient (Wildman–Crippen LogP) is 5.07. The third kappa shape index (κ3) is 3.17. The van der Waals surface area contributed by atoms with Crippen LogP contribution in [-0.2, 0) is 0 Å². The highest BCUT2D eigenvalue weighted by Crippen LogP contribution is 2.46. The Kier molecular flexibility index (Phi) is 5.29. The number of benzene rings is 1. The molecule has 1 N–H and O–H groups in total. The Morgan fingerprint density at radius 1 is 1.19 bits per heavy atom. The van der Waals surface area contributed by atoms with E-state index in [4.69, 9.17) is 0 Å². The fourth-order valence-corrected chi connectivity index (χ4v) is 5.84. The van der Waals surface area contributed by atoms with Crippen LogP contribution in [0, 0.1) is 11.8 Å². The van der Waals surface area contributed by atoms with Gasteiger partial charge in [-0.15, -0.1) is 11.8 Å². The van der Waals surface area contributed by atoms with Crippen molar-refractivity contribution in [3.8, 4) is 0 Å². The molecule has 1 fully saturated rings. The van der Waals surface area contributed by atoms with E-state index < -0.39 is 0 Å². The number of hydrogen-bond donors (Lipinski definition) is 1. The average Bonchev–Trinajstić information content (AvgIpc) is 2.96. The van der Waals surface area contributed by atoms with Gasteiger partial charge in [-0.3, -0.25) is 0 Å². The Labute approximate surface area is 134 Å². The van der Waals surface area contributed by atoms with Gasteiger partial charge in [-0.1, -0.05) is 57.7 Å². The molecule has 1 aliphatic heterocycles. The molecule has 0 amide bonds. The highest BCUT2D eigenvalue weighted by molar-refractivity contribution is 7.99. The number of thioether (sulfide) groups is 1. The average molecular weight is 304 g/mol. The van der Waals surface area contributed by atoms with Crippen molar-refractivity contribution in [2.75, 3.05) is 12.3 Å². The van der Waals surface area contributed by atoms with Crippen LogP contribution >= 0.6 is 11.8 Å². The predicted molar refractivity (Wildman–Crippen MR) is 93.1 cm³/mol. The van der Waals surface area contributed by atoms with Gasteiger partial charge in [-0.2, -0.15) is 0 Å². The molecule has 0 saturated heterocycles. The molecule has 1 nitrogen and oxygen atoms in total. The quantitative estimate of drug-likeness (QED) is 0.815. The Hall–Kier alpha value is -0.470. The second kappa shape index (κ2) is 7.19. The number of nitrogens with one attached hydrogen (secondary N) is 1. The van der Waals surface area contributed by atoms with Gasteiger partial charge >= 0.3 is 0 Å². The minimum Gasteiger partial charge on any atom is -0.313 e. The van der Waals surface area contributed by atoms with Gasteiger partial charge in [0.25, 0.3) is 0 Å². The lowest BCUT2D eigenvalue weighted by atomic mass is 9.70. The van der Waals surface area contributed by atoms with Crippen molar-refractivity contribution >= 4 is 11.8 Å². The van der Waals surface area contributed by atoms with Gasteiger partial charge in [0, 0.05) is 22.6 Å². The molecule has 0 radical (unpaired) electrons. The van der Waals surface area contributed by atoms with Gasteiger partial charge in [-0.05, 0) is 36.4 Å². The molecule has 4 unspecified atom stereocenters. The van der Waals surface area contributed by atoms with Crippen LogP contribution in [0.25, 0.3) is 0 Å². The molecule has 116 valence electrons. The van der Waals surface area contributed by atoms with Crippen LogP contribution in [0.1, 0.15) is 57.4 Å². The topological polar surface area (TPSA) is 12.0 Å². The standard InChI is InChI=1S/C19H29NS/c1-3-14-9-5-6-10-15(14)19(20-4-2)17-13-21-18-12-8-7-11-16(17)18/h7-8,11-12,14-15,17,19-20H,3-6,9-10,13H2,1-2H3. The van der Waals surface area contributed by atoms with Gasteiger partial charge in [0.05, 0.1) is 0 Å². The molecule has 1 heterocycles. The van der Waals surface area contributed by atoms with E-state index in [2.05, 4.69) is 55.2 Å². The minimum atomic E-state index is 0.677. The summed E-state index contributed by atoms with van der Waals surface area (Å²) in [6.07, 6.45) is 7.12. The molecular weight excluding hydrogens is 274 g/mol. The van der Waals surface area contributed by atoms with E-state index in [9.17, 15) is 0 Å². The summed E-state index contributed by atoms with van der Waals surface area (Å²) in [5, 5.41) is 3.89. The zero-order valence-electron chi connectivity index (χ0n) is 13.5. The molecule has 1 aromatic carbocycles. The summed E-state index contributed by atoms with van der Waals surface area (Å²) < 4.78 is 0. The van der Waals surface area contributed by atoms with Crippen LogP contribution in [0.3, 0.4) is 0 Å². The highest BCUT2D eigenvalue weighted by Gasteiger charge is 2.38. The van der Waals surface area contributed by atoms with E-state index >= 15 is 0 Å². The summed E-state index contributed by atoms with van der Waals surface area (Å²) in [5.74, 6) is 3.79. The van der Waals surface area contributed by atoms with E-state index in [1.54, 1.807) is 5.56 Å². The van der Waals surface area contributed by atoms with Crippen molar-refractivity contribution in [2.45, 2.75) is 62.8 Å². The van der Waals surface area contributed by atoms with Crippen molar-refractivity contribution in [1.82, 2.24) is 5.32 Å². The van der Waals surface area contributed by atoms with E-state index in [1.807, 2.05) is 0 Å². The summed E-state index contributed by atoms with van der Waals surface area (Å²) in [6.45, 7) is 5.76. The van der Waals surface area contributed by atoms with Gasteiger partial charge in [-0.25, -0.2) is 0 Å². The Morgan fingerprint density at radius 2 is 2.00 bits per heavy atom. The summed E-state index contributed by atoms with van der Waals surface area (Å²) in [7, 11) is 0. The maximum absolute atomic E-state index is 3.89. The van der Waals surface area contributed by atoms with Crippen molar-refractivity contribution in [3.05, 3.63) is 29.8 Å². The highest BCUT2D eigenvalue weighted by atomic mass is 32.2. The van der Waals surface area contributed by atoms with Gasteiger partial charge in [0.15, 0.2) is 0 Å². The first kappa shape index (κ1) is 15.4. The van der Waals surface area contributed by atoms with Crippen molar-refractivity contribution in [3.63, 3.8) is 0 Å². The molecule has 1 aliphatic carbocycles. The first-order chi connectivity index (χ1) is 10.3. The zero-order valence-corrected chi connectivity index (χ0v) is 14.3. The van der Waals surface area contributed by atoms with E-state index in [0.29, 0.717) is 12.0 Å². The Balaban J connectivity index is 1.84. The maximum atomic E-state index is 3.89. The van der Waals surface area contributed by atoms with Gasteiger partial charge in [0.2, 0.25) is 0 Å². The van der Waals surface area contributed by atoms with Gasteiger partial charge < -0.3 is 5.32 Å². The number of rotatable bonds is 5. The largest absolute Gasteiger partial charge is 0.313 e. The van der Waals surface area contributed by atoms with Crippen molar-refractivity contribution < 1.29 is 0 Å². The lowest BCUT2D eigenvalue weighted by Gasteiger charge is -2.40. The Morgan fingerprint density at radius 3 is 2.81 bits per heavy atom. The van der Waals surface area contributed by atoms with Crippen molar-refractivity contribution in [2.24, 2.45) is 11.8 Å². The maximum Gasteiger partial charge on any atom is 0.0175 e. The monoisotopic (exact) mass is 303 g/mol. The molecule has 0 aromatic heterocycles. The zero-order chi connectivity index (χ0) is 14.7. The third-order valence-electron chi connectivity index (χ3n) is 5.56. The first-order valence-electron chi connectivity index (χ1n) is 8.80. The van der Waals surface area contributed by atoms with Crippen LogP contribution in [-0.4, -0.2) is 18.3 Å². The number of likely N-dealkylation sites (N-methyl/N-ethyl adjacent to an activating group) is 1. The number of fused-ring (bicyclic) bond motifs is 1. The number of hydrogen-bond acceptors (Lipinski definition) is 2. The third-order valence-corrected chi connectivity index (χ3v) is 6.77. The van der Waals surface area contributed by atoms with Crippen LogP contribution in [0.15, 0.2) is 29.2 Å². The molecule has 1 aromatic rings. The molecular formula is C19H29NS. The van der Waals surface area contributed by atoms with Crippen LogP contribution in [0.5, 0.6) is 0 Å². The second-order valence-corrected chi connectivity index (χ2v) is 7.72. The van der Waals surface area contributed by atoms with E-state index in [1.165, 1.54) is 42.8 Å². The molecule has 0 bridgehead atoms. The first-order valence-corrected chi connectivity index (χ1v) is 9.78. The molecule has 21 heavy (non-hydrogen) atoms. The summed E-state index contributed by atoms with van der Waals surface area (Å²) >= 11 is 2.06. The molecule has 3 rings (SSSR count). The summed E-state index contributed by atoms with van der Waals surface area (Å²) in [4.78, 5) is 1.52. The normalized spacial score (nSPS) is 30.1. The lowest BCUT2D eigenvalue weighted by molar-refractivity contribution is 0.163. The van der Waals surface area contributed by atoms with Crippen LogP contribution < -0.4 is 5.32 Å². The second-order valence-electron chi connectivity index (χ2n) is 6.66. The Bertz CT molecular complexity index is 459. The van der Waals surface area contributed by atoms with Crippen molar-refractivity contribution in [1.29, 1.82) is 0 Å². The fraction of sp³-hybridized carbons (Fsp3) is 0.684.